The lowest BCUT2D eigenvalue weighted by molar-refractivity contribution is -0.728. The number of quaternary nitrogens is 1. The third-order valence-electron chi connectivity index (χ3n) is 5.31. The number of rotatable bonds is 2. The minimum atomic E-state index is 0.420. The molecule has 0 aromatic heterocycles. The van der Waals surface area contributed by atoms with Crippen molar-refractivity contribution in [1.82, 2.24) is 0 Å². The highest BCUT2D eigenvalue weighted by atomic mass is 15.0. The minimum Gasteiger partial charge on any atom is -0.342 e. The highest BCUT2D eigenvalue weighted by Gasteiger charge is 2.51. The van der Waals surface area contributed by atoms with Crippen molar-refractivity contribution in [3.05, 3.63) is 0 Å². The Morgan fingerprint density at radius 2 is 1.38 bits per heavy atom. The van der Waals surface area contributed by atoms with Gasteiger partial charge in [0, 0.05) is 5.41 Å². The monoisotopic (exact) mass is 222 g/mol. The van der Waals surface area contributed by atoms with Crippen LogP contribution in [-0.4, -0.2) is 12.1 Å². The lowest BCUT2D eigenvalue weighted by Gasteiger charge is -2.56. The molecule has 4 aliphatic carbocycles. The van der Waals surface area contributed by atoms with Gasteiger partial charge in [-0.15, -0.1) is 0 Å². The number of hydrogen-bond donors (Lipinski definition) is 1. The van der Waals surface area contributed by atoms with E-state index < -0.39 is 0 Å². The van der Waals surface area contributed by atoms with Crippen LogP contribution in [0.3, 0.4) is 0 Å². The van der Waals surface area contributed by atoms with Crippen LogP contribution in [0.5, 0.6) is 0 Å². The number of nitrogens with two attached hydrogens (primary N) is 1. The molecule has 0 spiro atoms. The van der Waals surface area contributed by atoms with Crippen molar-refractivity contribution in [1.29, 1.82) is 0 Å². The summed E-state index contributed by atoms with van der Waals surface area (Å²) in [4.78, 5) is 0. The third-order valence-corrected chi connectivity index (χ3v) is 5.31. The molecule has 92 valence electrons. The molecule has 0 amide bonds. The zero-order chi connectivity index (χ0) is 11.4. The van der Waals surface area contributed by atoms with Gasteiger partial charge >= 0.3 is 0 Å². The summed E-state index contributed by atoms with van der Waals surface area (Å²) in [6.45, 7) is 8.47. The molecular formula is C15H28N+. The fraction of sp³-hybridized carbons (Fsp3) is 1.00. The first-order chi connectivity index (χ1) is 7.44. The Morgan fingerprint density at radius 1 is 0.938 bits per heavy atom. The molecule has 4 bridgehead atoms. The van der Waals surface area contributed by atoms with Crippen molar-refractivity contribution in [2.24, 2.45) is 23.2 Å². The van der Waals surface area contributed by atoms with E-state index in [1.807, 2.05) is 0 Å². The van der Waals surface area contributed by atoms with Crippen LogP contribution < -0.4 is 5.32 Å². The predicted octanol–water partition coefficient (Wildman–Crippen LogP) is 2.56. The van der Waals surface area contributed by atoms with Gasteiger partial charge in [-0.25, -0.2) is 0 Å². The Bertz CT molecular complexity index is 238. The zero-order valence-electron chi connectivity index (χ0n) is 11.3. The van der Waals surface area contributed by atoms with E-state index in [9.17, 15) is 0 Å². The first-order valence-corrected chi connectivity index (χ1v) is 7.29. The summed E-state index contributed by atoms with van der Waals surface area (Å²) in [5.74, 6) is 3.33. The van der Waals surface area contributed by atoms with Crippen molar-refractivity contribution in [3.63, 3.8) is 0 Å². The first-order valence-electron chi connectivity index (χ1n) is 7.29. The standard InChI is InChI=1S/C15H27N/c1-14(2,3)16-10-15-7-11-4-12(8-15)6-13(5-11)9-15/h11-13,16H,4-10H2,1-3H3/p+1. The van der Waals surface area contributed by atoms with E-state index in [1.54, 1.807) is 38.5 Å². The Balaban J connectivity index is 1.69. The van der Waals surface area contributed by atoms with Gasteiger partial charge in [0.1, 0.15) is 0 Å². The van der Waals surface area contributed by atoms with Gasteiger partial charge in [-0.3, -0.25) is 0 Å². The molecule has 0 aromatic rings. The van der Waals surface area contributed by atoms with Crippen LogP contribution in [-0.2, 0) is 0 Å². The summed E-state index contributed by atoms with van der Waals surface area (Å²) in [5, 5.41) is 2.61. The maximum absolute atomic E-state index is 2.61. The molecule has 4 fully saturated rings. The van der Waals surface area contributed by atoms with Crippen molar-refractivity contribution in [3.8, 4) is 0 Å². The average molecular weight is 222 g/mol. The highest BCUT2D eigenvalue weighted by molar-refractivity contribution is 5.01. The summed E-state index contributed by atoms with van der Waals surface area (Å²) in [7, 11) is 0. The molecule has 0 aromatic carbocycles. The maximum Gasteiger partial charge on any atom is 0.0876 e. The van der Waals surface area contributed by atoms with Crippen molar-refractivity contribution in [2.75, 3.05) is 6.54 Å². The predicted molar refractivity (Wildman–Crippen MR) is 67.2 cm³/mol. The molecule has 0 aliphatic heterocycles. The largest absolute Gasteiger partial charge is 0.342 e. The molecule has 0 saturated heterocycles. The maximum atomic E-state index is 2.61. The van der Waals surface area contributed by atoms with E-state index >= 15 is 0 Å². The van der Waals surface area contributed by atoms with Crippen LogP contribution in [0.2, 0.25) is 0 Å². The van der Waals surface area contributed by atoms with Crippen molar-refractivity contribution >= 4 is 0 Å². The van der Waals surface area contributed by atoms with Crippen LogP contribution in [0, 0.1) is 23.2 Å². The van der Waals surface area contributed by atoms with Gasteiger partial charge in [-0.2, -0.15) is 0 Å². The summed E-state index contributed by atoms with van der Waals surface area (Å²) < 4.78 is 0. The normalized spacial score (nSPS) is 46.3. The van der Waals surface area contributed by atoms with Gasteiger partial charge in [-0.05, 0) is 77.0 Å². The quantitative estimate of drug-likeness (QED) is 0.739. The van der Waals surface area contributed by atoms with Crippen LogP contribution in [0.1, 0.15) is 59.3 Å². The van der Waals surface area contributed by atoms with Gasteiger partial charge in [-0.1, -0.05) is 0 Å². The van der Waals surface area contributed by atoms with E-state index in [1.165, 1.54) is 6.54 Å². The van der Waals surface area contributed by atoms with E-state index in [0.29, 0.717) is 5.54 Å². The SMILES string of the molecule is CC(C)(C)[NH2+]CC12CC3CC(CC(C3)C1)C2. The molecule has 0 unspecified atom stereocenters. The molecule has 0 heterocycles. The average Bonchev–Trinajstić information content (AvgIpc) is 2.11. The van der Waals surface area contributed by atoms with Crippen LogP contribution in [0.15, 0.2) is 0 Å². The van der Waals surface area contributed by atoms with E-state index in [4.69, 9.17) is 0 Å². The van der Waals surface area contributed by atoms with E-state index in [0.717, 1.165) is 23.2 Å². The summed E-state index contributed by atoms with van der Waals surface area (Å²) in [6.07, 6.45) is 9.42. The second-order valence-corrected chi connectivity index (χ2v) is 8.19. The first kappa shape index (κ1) is 11.1. The van der Waals surface area contributed by atoms with Gasteiger partial charge in [0.25, 0.3) is 0 Å². The lowest BCUT2D eigenvalue weighted by atomic mass is 9.49. The molecule has 1 heteroatoms. The van der Waals surface area contributed by atoms with Crippen molar-refractivity contribution in [2.45, 2.75) is 64.8 Å². The molecule has 2 N–H and O–H groups in total. The molecule has 0 atom stereocenters. The topological polar surface area (TPSA) is 16.6 Å². The fourth-order valence-corrected chi connectivity index (χ4v) is 5.06. The fourth-order valence-electron chi connectivity index (χ4n) is 5.06. The van der Waals surface area contributed by atoms with Gasteiger partial charge < -0.3 is 5.32 Å². The Kier molecular flexibility index (Phi) is 2.41. The highest BCUT2D eigenvalue weighted by Crippen LogP contribution is 2.59. The smallest absolute Gasteiger partial charge is 0.0876 e. The van der Waals surface area contributed by atoms with Crippen LogP contribution in [0.25, 0.3) is 0 Å². The number of hydrogen-bond acceptors (Lipinski definition) is 0. The molecule has 4 saturated carbocycles. The Morgan fingerprint density at radius 3 is 1.75 bits per heavy atom. The minimum absolute atomic E-state index is 0.420. The van der Waals surface area contributed by atoms with Gasteiger partial charge in [0.15, 0.2) is 0 Å². The molecular weight excluding hydrogens is 194 g/mol. The van der Waals surface area contributed by atoms with E-state index in [-0.39, 0.29) is 0 Å². The van der Waals surface area contributed by atoms with Crippen LogP contribution >= 0.6 is 0 Å². The van der Waals surface area contributed by atoms with E-state index in [2.05, 4.69) is 26.1 Å². The molecule has 4 aliphatic rings. The van der Waals surface area contributed by atoms with Crippen molar-refractivity contribution < 1.29 is 5.32 Å². The summed E-state index contributed by atoms with van der Waals surface area (Å²) >= 11 is 0. The lowest BCUT2D eigenvalue weighted by Crippen LogP contribution is -2.96. The molecule has 16 heavy (non-hydrogen) atoms. The van der Waals surface area contributed by atoms with Gasteiger partial charge in [0.2, 0.25) is 0 Å². The third kappa shape index (κ3) is 2.03. The van der Waals surface area contributed by atoms with Crippen LogP contribution in [0.4, 0.5) is 0 Å². The Hall–Kier alpha value is -0.0400. The summed E-state index contributed by atoms with van der Waals surface area (Å²) in [6, 6.07) is 0. The molecule has 4 rings (SSSR count). The molecule has 0 radical (unpaired) electrons. The molecule has 1 nitrogen and oxygen atoms in total. The second kappa shape index (κ2) is 3.48. The second-order valence-electron chi connectivity index (χ2n) is 8.19. The summed E-state index contributed by atoms with van der Waals surface area (Å²) in [5.41, 5.74) is 1.17. The zero-order valence-corrected chi connectivity index (χ0v) is 11.3. The Labute approximate surface area is 100 Å². The van der Waals surface area contributed by atoms with Gasteiger partial charge in [0.05, 0.1) is 12.1 Å².